The summed E-state index contributed by atoms with van der Waals surface area (Å²) in [5.41, 5.74) is 0.795. The Kier molecular flexibility index (Phi) is 2.91. The lowest BCUT2D eigenvalue weighted by atomic mass is 10.1. The fraction of sp³-hybridized carbons (Fsp3) is 0.100. The first kappa shape index (κ1) is 10.2. The normalized spacial score (nSPS) is 10.4. The fourth-order valence-electron chi connectivity index (χ4n) is 1.35. The van der Waals surface area contributed by atoms with Crippen LogP contribution >= 0.6 is 43.2 Å². The standard InChI is InChI=1S/C10H5Br2NS/c11-4-9-7(5-13)6-2-1-3-8(12)10(6)14-9/h1-3H,4H2. The van der Waals surface area contributed by atoms with E-state index in [4.69, 9.17) is 5.26 Å². The number of rotatable bonds is 1. The number of alkyl halides is 1. The summed E-state index contributed by atoms with van der Waals surface area (Å²) in [4.78, 5) is 1.09. The highest BCUT2D eigenvalue weighted by molar-refractivity contribution is 9.10. The van der Waals surface area contributed by atoms with E-state index in [9.17, 15) is 0 Å². The van der Waals surface area contributed by atoms with Gasteiger partial charge in [0, 0.05) is 20.1 Å². The summed E-state index contributed by atoms with van der Waals surface area (Å²) < 4.78 is 2.21. The van der Waals surface area contributed by atoms with Crippen LogP contribution in [0.15, 0.2) is 22.7 Å². The first-order valence-electron chi connectivity index (χ1n) is 3.94. The van der Waals surface area contributed by atoms with Gasteiger partial charge in [0.25, 0.3) is 0 Å². The van der Waals surface area contributed by atoms with E-state index in [1.165, 1.54) is 0 Å². The Morgan fingerprint density at radius 2 is 2.21 bits per heavy atom. The van der Waals surface area contributed by atoms with Crippen molar-refractivity contribution in [1.82, 2.24) is 0 Å². The van der Waals surface area contributed by atoms with Gasteiger partial charge in [-0.2, -0.15) is 5.26 Å². The van der Waals surface area contributed by atoms with Gasteiger partial charge >= 0.3 is 0 Å². The van der Waals surface area contributed by atoms with Crippen molar-refractivity contribution in [2.24, 2.45) is 0 Å². The molecule has 1 aromatic heterocycles. The van der Waals surface area contributed by atoms with Crippen molar-refractivity contribution in [3.63, 3.8) is 0 Å². The Bertz CT molecular complexity index is 525. The van der Waals surface area contributed by atoms with Crippen LogP contribution in [0.4, 0.5) is 0 Å². The van der Waals surface area contributed by atoms with E-state index < -0.39 is 0 Å². The highest BCUT2D eigenvalue weighted by atomic mass is 79.9. The van der Waals surface area contributed by atoms with Gasteiger partial charge in [0.05, 0.1) is 10.3 Å². The van der Waals surface area contributed by atoms with Gasteiger partial charge in [0.1, 0.15) is 6.07 Å². The van der Waals surface area contributed by atoms with Crippen molar-refractivity contribution >= 4 is 53.3 Å². The summed E-state index contributed by atoms with van der Waals surface area (Å²) in [6.45, 7) is 0. The molecule has 1 nitrogen and oxygen atoms in total. The summed E-state index contributed by atoms with van der Waals surface area (Å²) in [6.07, 6.45) is 0. The van der Waals surface area contributed by atoms with Crippen LogP contribution in [0.5, 0.6) is 0 Å². The van der Waals surface area contributed by atoms with Crippen LogP contribution in [0, 0.1) is 11.3 Å². The lowest BCUT2D eigenvalue weighted by molar-refractivity contribution is 1.47. The first-order chi connectivity index (χ1) is 6.77. The minimum Gasteiger partial charge on any atom is -0.192 e. The van der Waals surface area contributed by atoms with Crippen molar-refractivity contribution < 1.29 is 0 Å². The van der Waals surface area contributed by atoms with Crippen molar-refractivity contribution in [3.8, 4) is 6.07 Å². The maximum atomic E-state index is 9.05. The maximum Gasteiger partial charge on any atom is 0.101 e. The second-order valence-electron chi connectivity index (χ2n) is 2.76. The van der Waals surface area contributed by atoms with E-state index in [1.54, 1.807) is 11.3 Å². The Hall–Kier alpha value is -0.370. The number of fused-ring (bicyclic) bond motifs is 1. The summed E-state index contributed by atoms with van der Waals surface area (Å²) in [6, 6.07) is 8.20. The summed E-state index contributed by atoms with van der Waals surface area (Å²) in [7, 11) is 0. The molecule has 1 aromatic carbocycles. The van der Waals surface area contributed by atoms with Crippen LogP contribution in [-0.2, 0) is 5.33 Å². The molecule has 1 heterocycles. The molecule has 14 heavy (non-hydrogen) atoms. The minimum absolute atomic E-state index is 0.738. The minimum atomic E-state index is 0.738. The molecule has 0 N–H and O–H groups in total. The fourth-order valence-corrected chi connectivity index (χ4v) is 3.59. The molecule has 0 saturated carbocycles. The zero-order valence-electron chi connectivity index (χ0n) is 7.05. The molecule has 0 radical (unpaired) electrons. The van der Waals surface area contributed by atoms with Crippen LogP contribution in [0.2, 0.25) is 0 Å². The van der Waals surface area contributed by atoms with Gasteiger partial charge in [-0.1, -0.05) is 28.1 Å². The Morgan fingerprint density at radius 1 is 1.43 bits per heavy atom. The van der Waals surface area contributed by atoms with Crippen molar-refractivity contribution in [2.45, 2.75) is 5.33 Å². The Balaban J connectivity index is 2.88. The maximum absolute atomic E-state index is 9.05. The number of thiophene rings is 1. The van der Waals surface area contributed by atoms with Gasteiger partial charge in [0.15, 0.2) is 0 Å². The molecule has 0 aliphatic heterocycles. The summed E-state index contributed by atoms with van der Waals surface area (Å²) in [5, 5.41) is 10.8. The van der Waals surface area contributed by atoms with Crippen LogP contribution < -0.4 is 0 Å². The van der Waals surface area contributed by atoms with Gasteiger partial charge in [-0.3, -0.25) is 0 Å². The molecule has 0 fully saturated rings. The van der Waals surface area contributed by atoms with Crippen LogP contribution in [-0.4, -0.2) is 0 Å². The van der Waals surface area contributed by atoms with E-state index in [0.717, 1.165) is 30.3 Å². The third-order valence-corrected chi connectivity index (χ3v) is 5.07. The monoisotopic (exact) mass is 329 g/mol. The molecule has 4 heteroatoms. The molecule has 0 unspecified atom stereocenters. The number of nitriles is 1. The molecule has 0 saturated heterocycles. The zero-order chi connectivity index (χ0) is 10.1. The lowest BCUT2D eigenvalue weighted by Gasteiger charge is -1.91. The largest absolute Gasteiger partial charge is 0.192 e. The number of benzene rings is 1. The van der Waals surface area contributed by atoms with Crippen LogP contribution in [0.3, 0.4) is 0 Å². The molecule has 2 rings (SSSR count). The summed E-state index contributed by atoms with van der Waals surface area (Å²) >= 11 is 8.54. The predicted octanol–water partition coefficient (Wildman–Crippen LogP) is 4.43. The average Bonchev–Trinajstić information content (AvgIpc) is 2.57. The summed E-state index contributed by atoms with van der Waals surface area (Å²) in [5.74, 6) is 0. The predicted molar refractivity (Wildman–Crippen MR) is 66.9 cm³/mol. The average molecular weight is 331 g/mol. The van der Waals surface area contributed by atoms with E-state index in [-0.39, 0.29) is 0 Å². The number of nitrogens with zero attached hydrogens (tertiary/aromatic N) is 1. The van der Waals surface area contributed by atoms with Gasteiger partial charge in [-0.25, -0.2) is 0 Å². The lowest BCUT2D eigenvalue weighted by Crippen LogP contribution is -1.76. The molecule has 0 bridgehead atoms. The molecular weight excluding hydrogens is 326 g/mol. The zero-order valence-corrected chi connectivity index (χ0v) is 11.0. The SMILES string of the molecule is N#Cc1c(CBr)sc2c(Br)cccc12. The molecule has 0 atom stereocenters. The molecular formula is C10H5Br2NS. The van der Waals surface area contributed by atoms with Crippen molar-refractivity contribution in [3.05, 3.63) is 33.1 Å². The number of halogens is 2. The van der Waals surface area contributed by atoms with E-state index in [0.29, 0.717) is 0 Å². The topological polar surface area (TPSA) is 23.8 Å². The molecule has 0 amide bonds. The van der Waals surface area contributed by atoms with Crippen LogP contribution in [0.1, 0.15) is 10.4 Å². The van der Waals surface area contributed by atoms with Crippen LogP contribution in [0.25, 0.3) is 10.1 Å². The van der Waals surface area contributed by atoms with Crippen molar-refractivity contribution in [2.75, 3.05) is 0 Å². The van der Waals surface area contributed by atoms with Gasteiger partial charge in [-0.05, 0) is 22.0 Å². The highest BCUT2D eigenvalue weighted by Crippen LogP contribution is 2.36. The molecule has 2 aromatic rings. The molecule has 0 aliphatic rings. The quantitative estimate of drug-likeness (QED) is 0.709. The van der Waals surface area contributed by atoms with Gasteiger partial charge in [0.2, 0.25) is 0 Å². The Labute approximate surface area is 103 Å². The molecule has 0 spiro atoms. The number of hydrogen-bond donors (Lipinski definition) is 0. The number of hydrogen-bond acceptors (Lipinski definition) is 2. The second kappa shape index (κ2) is 4.01. The highest BCUT2D eigenvalue weighted by Gasteiger charge is 2.11. The van der Waals surface area contributed by atoms with E-state index in [2.05, 4.69) is 37.9 Å². The third kappa shape index (κ3) is 1.50. The van der Waals surface area contributed by atoms with E-state index >= 15 is 0 Å². The molecule has 70 valence electrons. The van der Waals surface area contributed by atoms with E-state index in [1.807, 2.05) is 18.2 Å². The van der Waals surface area contributed by atoms with Crippen molar-refractivity contribution in [1.29, 1.82) is 5.26 Å². The van der Waals surface area contributed by atoms with Gasteiger partial charge < -0.3 is 0 Å². The smallest absolute Gasteiger partial charge is 0.101 e. The van der Waals surface area contributed by atoms with Gasteiger partial charge in [-0.15, -0.1) is 11.3 Å². The second-order valence-corrected chi connectivity index (χ2v) is 5.28. The third-order valence-electron chi connectivity index (χ3n) is 1.97. The Morgan fingerprint density at radius 3 is 2.86 bits per heavy atom. The molecule has 0 aliphatic carbocycles. The first-order valence-corrected chi connectivity index (χ1v) is 6.67.